The highest BCUT2D eigenvalue weighted by molar-refractivity contribution is 5.46. The molecule has 2 nitrogen and oxygen atoms in total. The second kappa shape index (κ2) is 6.39. The summed E-state index contributed by atoms with van der Waals surface area (Å²) in [6.07, 6.45) is 8.91. The molecule has 0 amide bonds. The van der Waals surface area contributed by atoms with Gasteiger partial charge >= 0.3 is 0 Å². The van der Waals surface area contributed by atoms with Crippen LogP contribution in [0.1, 0.15) is 70.3 Å². The van der Waals surface area contributed by atoms with E-state index < -0.39 is 0 Å². The summed E-state index contributed by atoms with van der Waals surface area (Å²) in [5, 5.41) is 3.74. The van der Waals surface area contributed by atoms with E-state index in [1.165, 1.54) is 49.8 Å². The van der Waals surface area contributed by atoms with Crippen LogP contribution in [-0.4, -0.2) is 18.2 Å². The third kappa shape index (κ3) is 3.60. The lowest BCUT2D eigenvalue weighted by atomic mass is 9.78. The first-order chi connectivity index (χ1) is 10.2. The third-order valence-electron chi connectivity index (χ3n) is 5.21. The number of ether oxygens (including phenoxy) is 1. The molecule has 1 spiro atoms. The molecule has 1 aliphatic heterocycles. The maximum atomic E-state index is 6.18. The minimum absolute atomic E-state index is 0.187. The molecule has 1 atom stereocenters. The fourth-order valence-electron chi connectivity index (χ4n) is 3.90. The van der Waals surface area contributed by atoms with Gasteiger partial charge in [0.2, 0.25) is 0 Å². The molecule has 1 aliphatic carbocycles. The van der Waals surface area contributed by atoms with Gasteiger partial charge in [-0.1, -0.05) is 45.2 Å². The summed E-state index contributed by atoms with van der Waals surface area (Å²) in [5.41, 5.74) is 2.86. The maximum absolute atomic E-state index is 6.18. The van der Waals surface area contributed by atoms with Crippen molar-refractivity contribution in [3.05, 3.63) is 29.8 Å². The molecular weight excluding hydrogens is 258 g/mol. The zero-order valence-corrected chi connectivity index (χ0v) is 13.5. The van der Waals surface area contributed by atoms with Crippen LogP contribution in [0.15, 0.2) is 24.3 Å². The summed E-state index contributed by atoms with van der Waals surface area (Å²) in [6.45, 7) is 5.41. The van der Waals surface area contributed by atoms with Crippen LogP contribution in [0.3, 0.4) is 0 Å². The molecule has 1 aromatic carbocycles. The SMILES string of the molecule is CC(C)c1ccc(NC2CCOC3(CCCCC3)C2)cc1. The van der Waals surface area contributed by atoms with Crippen molar-refractivity contribution in [2.75, 3.05) is 11.9 Å². The first-order valence-corrected chi connectivity index (χ1v) is 8.67. The van der Waals surface area contributed by atoms with Crippen molar-refractivity contribution in [3.8, 4) is 0 Å². The second-order valence-electron chi connectivity index (χ2n) is 7.20. The van der Waals surface area contributed by atoms with Crippen LogP contribution < -0.4 is 5.32 Å². The van der Waals surface area contributed by atoms with Gasteiger partial charge < -0.3 is 10.1 Å². The van der Waals surface area contributed by atoms with Crippen LogP contribution in [0.25, 0.3) is 0 Å². The van der Waals surface area contributed by atoms with E-state index in [0.29, 0.717) is 12.0 Å². The Balaban J connectivity index is 1.61. The first kappa shape index (κ1) is 14.9. The number of hydrogen-bond donors (Lipinski definition) is 1. The monoisotopic (exact) mass is 287 g/mol. The predicted molar refractivity (Wildman–Crippen MR) is 88.9 cm³/mol. The average Bonchev–Trinajstić information content (AvgIpc) is 2.49. The predicted octanol–water partition coefficient (Wildman–Crippen LogP) is 5.10. The zero-order chi connectivity index (χ0) is 14.7. The van der Waals surface area contributed by atoms with Crippen LogP contribution in [0.5, 0.6) is 0 Å². The summed E-state index contributed by atoms with van der Waals surface area (Å²) in [7, 11) is 0. The Morgan fingerprint density at radius 3 is 2.48 bits per heavy atom. The van der Waals surface area contributed by atoms with Gasteiger partial charge in [-0.2, -0.15) is 0 Å². The first-order valence-electron chi connectivity index (χ1n) is 8.67. The van der Waals surface area contributed by atoms with Crippen LogP contribution in [0.4, 0.5) is 5.69 Å². The molecule has 21 heavy (non-hydrogen) atoms. The summed E-state index contributed by atoms with van der Waals surface area (Å²) in [4.78, 5) is 0. The maximum Gasteiger partial charge on any atom is 0.0702 e. The van der Waals surface area contributed by atoms with E-state index in [4.69, 9.17) is 4.74 Å². The van der Waals surface area contributed by atoms with Crippen molar-refractivity contribution in [3.63, 3.8) is 0 Å². The lowest BCUT2D eigenvalue weighted by Crippen LogP contribution is -2.45. The number of benzene rings is 1. The van der Waals surface area contributed by atoms with Gasteiger partial charge in [-0.15, -0.1) is 0 Å². The highest BCUT2D eigenvalue weighted by atomic mass is 16.5. The van der Waals surface area contributed by atoms with Gasteiger partial charge in [0, 0.05) is 18.3 Å². The Labute approximate surface area is 129 Å². The van der Waals surface area contributed by atoms with Crippen LogP contribution in [0, 0.1) is 0 Å². The minimum atomic E-state index is 0.187. The molecule has 1 saturated carbocycles. The second-order valence-corrected chi connectivity index (χ2v) is 7.20. The van der Waals surface area contributed by atoms with Crippen LogP contribution in [0.2, 0.25) is 0 Å². The average molecular weight is 287 g/mol. The molecule has 0 aromatic heterocycles. The van der Waals surface area contributed by atoms with Gasteiger partial charge in [-0.05, 0) is 49.3 Å². The molecule has 2 fully saturated rings. The van der Waals surface area contributed by atoms with Crippen LogP contribution >= 0.6 is 0 Å². The van der Waals surface area contributed by atoms with Crippen molar-refractivity contribution in [2.24, 2.45) is 0 Å². The van der Waals surface area contributed by atoms with E-state index in [2.05, 4.69) is 43.4 Å². The quantitative estimate of drug-likeness (QED) is 0.834. The standard InChI is InChI=1S/C19H29NO/c1-15(2)16-6-8-17(9-7-16)20-18-10-13-21-19(14-18)11-4-3-5-12-19/h6-9,15,18,20H,3-5,10-14H2,1-2H3. The van der Waals surface area contributed by atoms with E-state index in [-0.39, 0.29) is 5.60 Å². The molecule has 1 heterocycles. The van der Waals surface area contributed by atoms with Gasteiger partial charge in [0.15, 0.2) is 0 Å². The summed E-state index contributed by atoms with van der Waals surface area (Å²) in [5.74, 6) is 0.604. The molecular formula is C19H29NO. The molecule has 0 bridgehead atoms. The molecule has 1 aromatic rings. The van der Waals surface area contributed by atoms with E-state index in [9.17, 15) is 0 Å². The largest absolute Gasteiger partial charge is 0.382 e. The normalized spacial score (nSPS) is 25.2. The van der Waals surface area contributed by atoms with Crippen molar-refractivity contribution in [1.29, 1.82) is 0 Å². The summed E-state index contributed by atoms with van der Waals surface area (Å²) < 4.78 is 6.18. The van der Waals surface area contributed by atoms with E-state index in [1.54, 1.807) is 0 Å². The minimum Gasteiger partial charge on any atom is -0.382 e. The van der Waals surface area contributed by atoms with Crippen molar-refractivity contribution >= 4 is 5.69 Å². The van der Waals surface area contributed by atoms with Crippen molar-refractivity contribution < 1.29 is 4.74 Å². The van der Waals surface area contributed by atoms with Gasteiger partial charge in [0.1, 0.15) is 0 Å². The Hall–Kier alpha value is -1.02. The van der Waals surface area contributed by atoms with Gasteiger partial charge in [-0.3, -0.25) is 0 Å². The zero-order valence-electron chi connectivity index (χ0n) is 13.5. The summed E-state index contributed by atoms with van der Waals surface area (Å²) in [6, 6.07) is 9.55. The molecule has 0 radical (unpaired) electrons. The highest BCUT2D eigenvalue weighted by Crippen LogP contribution is 2.39. The number of rotatable bonds is 3. The van der Waals surface area contributed by atoms with E-state index in [0.717, 1.165) is 13.0 Å². The van der Waals surface area contributed by atoms with Crippen molar-refractivity contribution in [2.45, 2.75) is 76.4 Å². The fourth-order valence-corrected chi connectivity index (χ4v) is 3.90. The highest BCUT2D eigenvalue weighted by Gasteiger charge is 2.38. The Bertz CT molecular complexity index is 440. The smallest absolute Gasteiger partial charge is 0.0702 e. The Morgan fingerprint density at radius 2 is 1.81 bits per heavy atom. The number of nitrogens with one attached hydrogen (secondary N) is 1. The molecule has 1 saturated heterocycles. The number of hydrogen-bond acceptors (Lipinski definition) is 2. The molecule has 1 N–H and O–H groups in total. The van der Waals surface area contributed by atoms with Crippen molar-refractivity contribution in [1.82, 2.24) is 0 Å². The fraction of sp³-hybridized carbons (Fsp3) is 0.684. The molecule has 2 aliphatic rings. The summed E-state index contributed by atoms with van der Waals surface area (Å²) >= 11 is 0. The third-order valence-corrected chi connectivity index (χ3v) is 5.21. The lowest BCUT2D eigenvalue weighted by Gasteiger charge is -2.44. The topological polar surface area (TPSA) is 21.3 Å². The Morgan fingerprint density at radius 1 is 1.10 bits per heavy atom. The van der Waals surface area contributed by atoms with Crippen LogP contribution in [-0.2, 0) is 4.74 Å². The van der Waals surface area contributed by atoms with Gasteiger partial charge in [0.05, 0.1) is 5.60 Å². The molecule has 2 heteroatoms. The van der Waals surface area contributed by atoms with Gasteiger partial charge in [0.25, 0.3) is 0 Å². The van der Waals surface area contributed by atoms with E-state index >= 15 is 0 Å². The Kier molecular flexibility index (Phi) is 4.54. The number of anilines is 1. The molecule has 1 unspecified atom stereocenters. The lowest BCUT2D eigenvalue weighted by molar-refractivity contribution is -0.103. The molecule has 116 valence electrons. The van der Waals surface area contributed by atoms with Gasteiger partial charge in [-0.25, -0.2) is 0 Å². The van der Waals surface area contributed by atoms with E-state index in [1.807, 2.05) is 0 Å². The molecule has 3 rings (SSSR count).